The van der Waals surface area contributed by atoms with Crippen LogP contribution in [0, 0.1) is 12.7 Å². The van der Waals surface area contributed by atoms with Gasteiger partial charge in [0.15, 0.2) is 0 Å². The first-order valence-corrected chi connectivity index (χ1v) is 7.76. The van der Waals surface area contributed by atoms with Crippen molar-refractivity contribution < 1.29 is 13.7 Å². The molecule has 0 saturated carbocycles. The molecule has 0 bridgehead atoms. The summed E-state index contributed by atoms with van der Waals surface area (Å²) in [7, 11) is 0. The molecule has 0 saturated heterocycles. The predicted octanol–water partition coefficient (Wildman–Crippen LogP) is 3.72. The molecule has 0 fully saturated rings. The molecule has 0 atom stereocenters. The van der Waals surface area contributed by atoms with Crippen molar-refractivity contribution in [1.29, 1.82) is 0 Å². The Labute approximate surface area is 138 Å². The Morgan fingerprint density at radius 2 is 2.08 bits per heavy atom. The van der Waals surface area contributed by atoms with Gasteiger partial charge in [-0.1, -0.05) is 37.2 Å². The van der Waals surface area contributed by atoms with E-state index in [1.54, 1.807) is 31.2 Å². The quantitative estimate of drug-likeness (QED) is 0.793. The molecule has 0 aliphatic carbocycles. The molecular formula is C18H18FN3O2. The van der Waals surface area contributed by atoms with Crippen LogP contribution in [0.3, 0.4) is 0 Å². The average Bonchev–Trinajstić information content (AvgIpc) is 2.94. The number of halogens is 1. The first kappa shape index (κ1) is 16.1. The Hall–Kier alpha value is -2.76. The normalized spacial score (nSPS) is 11.2. The van der Waals surface area contributed by atoms with Crippen LogP contribution in [0.2, 0.25) is 0 Å². The van der Waals surface area contributed by atoms with Crippen molar-refractivity contribution in [3.05, 3.63) is 58.7 Å². The van der Waals surface area contributed by atoms with E-state index < -0.39 is 0 Å². The summed E-state index contributed by atoms with van der Waals surface area (Å²) in [4.78, 5) is 17.0. The molecular weight excluding hydrogens is 309 g/mol. The number of hydrogen-bond acceptors (Lipinski definition) is 4. The monoisotopic (exact) mass is 327 g/mol. The lowest BCUT2D eigenvalue weighted by atomic mass is 10.0. The van der Waals surface area contributed by atoms with Crippen molar-refractivity contribution in [3.63, 3.8) is 0 Å². The van der Waals surface area contributed by atoms with Gasteiger partial charge in [-0.25, -0.2) is 9.37 Å². The fourth-order valence-corrected chi connectivity index (χ4v) is 2.50. The van der Waals surface area contributed by atoms with Crippen LogP contribution in [0.4, 0.5) is 4.39 Å². The number of nitrogens with zero attached hydrogens (tertiary/aromatic N) is 2. The maximum absolute atomic E-state index is 13.7. The van der Waals surface area contributed by atoms with Crippen LogP contribution in [0.15, 0.2) is 34.9 Å². The van der Waals surface area contributed by atoms with Crippen molar-refractivity contribution in [2.75, 3.05) is 0 Å². The topological polar surface area (TPSA) is 68.0 Å². The Balaban J connectivity index is 1.94. The third-order valence-electron chi connectivity index (χ3n) is 3.87. The van der Waals surface area contributed by atoms with Gasteiger partial charge in [-0.2, -0.15) is 0 Å². The van der Waals surface area contributed by atoms with Crippen LogP contribution in [0.25, 0.3) is 11.1 Å². The fourth-order valence-electron chi connectivity index (χ4n) is 2.50. The second-order valence-corrected chi connectivity index (χ2v) is 5.97. The molecule has 1 N–H and O–H groups in total. The van der Waals surface area contributed by atoms with Crippen molar-refractivity contribution in [1.82, 2.24) is 15.5 Å². The largest absolute Gasteiger partial charge is 0.348 e. The van der Waals surface area contributed by atoms with Gasteiger partial charge < -0.3 is 9.84 Å². The number of fused-ring (bicyclic) bond motifs is 1. The molecule has 3 aromatic rings. The molecule has 1 aromatic carbocycles. The minimum Gasteiger partial charge on any atom is -0.348 e. The van der Waals surface area contributed by atoms with Crippen LogP contribution in [0.5, 0.6) is 0 Å². The summed E-state index contributed by atoms with van der Waals surface area (Å²) in [6.45, 7) is 5.84. The third-order valence-corrected chi connectivity index (χ3v) is 3.87. The number of pyridine rings is 1. The summed E-state index contributed by atoms with van der Waals surface area (Å²) < 4.78 is 18.9. The van der Waals surface area contributed by atoms with Gasteiger partial charge in [0.25, 0.3) is 11.6 Å². The molecule has 3 rings (SSSR count). The smallest absolute Gasteiger partial charge is 0.259 e. The second kappa shape index (κ2) is 6.39. The SMILES string of the molecule is Cc1noc2nc(C(C)C)cc(C(=O)NCc3ccccc3F)c12. The van der Waals surface area contributed by atoms with Crippen LogP contribution in [0.1, 0.15) is 47.1 Å². The standard InChI is InChI=1S/C18H18FN3O2/c1-10(2)15-8-13(16-11(3)22-24-18(16)21-15)17(23)20-9-12-6-4-5-7-14(12)19/h4-8,10H,9H2,1-3H3,(H,20,23). The average molecular weight is 327 g/mol. The summed E-state index contributed by atoms with van der Waals surface area (Å²) in [6, 6.07) is 8.10. The van der Waals surface area contributed by atoms with Gasteiger partial charge in [0.2, 0.25) is 0 Å². The molecule has 0 unspecified atom stereocenters. The molecule has 0 aliphatic heterocycles. The maximum Gasteiger partial charge on any atom is 0.259 e. The minimum atomic E-state index is -0.346. The number of hydrogen-bond donors (Lipinski definition) is 1. The number of benzene rings is 1. The predicted molar refractivity (Wildman–Crippen MR) is 88.2 cm³/mol. The number of rotatable bonds is 4. The second-order valence-electron chi connectivity index (χ2n) is 5.97. The zero-order valence-electron chi connectivity index (χ0n) is 13.8. The molecule has 24 heavy (non-hydrogen) atoms. The van der Waals surface area contributed by atoms with Gasteiger partial charge in [-0.3, -0.25) is 4.79 Å². The lowest BCUT2D eigenvalue weighted by Crippen LogP contribution is -2.24. The first-order chi connectivity index (χ1) is 11.5. The van der Waals surface area contributed by atoms with Crippen LogP contribution in [-0.4, -0.2) is 16.0 Å². The Kier molecular flexibility index (Phi) is 4.29. The van der Waals surface area contributed by atoms with Crippen molar-refractivity contribution in [2.24, 2.45) is 0 Å². The molecule has 6 heteroatoms. The molecule has 0 spiro atoms. The van der Waals surface area contributed by atoms with E-state index in [4.69, 9.17) is 4.52 Å². The fraction of sp³-hybridized carbons (Fsp3) is 0.278. The zero-order valence-corrected chi connectivity index (χ0v) is 13.8. The van der Waals surface area contributed by atoms with Gasteiger partial charge in [0.05, 0.1) is 16.6 Å². The van der Waals surface area contributed by atoms with Gasteiger partial charge in [0, 0.05) is 17.8 Å². The highest BCUT2D eigenvalue weighted by molar-refractivity contribution is 6.06. The van der Waals surface area contributed by atoms with E-state index in [0.29, 0.717) is 27.9 Å². The van der Waals surface area contributed by atoms with E-state index in [2.05, 4.69) is 15.5 Å². The lowest BCUT2D eigenvalue weighted by molar-refractivity contribution is 0.0952. The summed E-state index contributed by atoms with van der Waals surface area (Å²) in [5, 5.41) is 7.24. The first-order valence-electron chi connectivity index (χ1n) is 7.76. The molecule has 2 aromatic heterocycles. The van der Waals surface area contributed by atoms with Crippen molar-refractivity contribution >= 4 is 17.0 Å². The number of amides is 1. The van der Waals surface area contributed by atoms with Gasteiger partial charge in [-0.15, -0.1) is 0 Å². The zero-order chi connectivity index (χ0) is 17.3. The van der Waals surface area contributed by atoms with E-state index >= 15 is 0 Å². The minimum absolute atomic E-state index is 0.108. The Morgan fingerprint density at radius 1 is 1.33 bits per heavy atom. The molecule has 2 heterocycles. The highest BCUT2D eigenvalue weighted by Gasteiger charge is 2.19. The number of carbonyl (C=O) groups excluding carboxylic acids is 1. The summed E-state index contributed by atoms with van der Waals surface area (Å²) >= 11 is 0. The number of aromatic nitrogens is 2. The third kappa shape index (κ3) is 2.99. The number of carbonyl (C=O) groups is 1. The summed E-state index contributed by atoms with van der Waals surface area (Å²) in [5.74, 6) is -0.515. The van der Waals surface area contributed by atoms with E-state index in [9.17, 15) is 9.18 Å². The van der Waals surface area contributed by atoms with Crippen LogP contribution < -0.4 is 5.32 Å². The highest BCUT2D eigenvalue weighted by Crippen LogP contribution is 2.25. The van der Waals surface area contributed by atoms with Crippen LogP contribution in [-0.2, 0) is 6.54 Å². The molecule has 124 valence electrons. The number of aryl methyl sites for hydroxylation is 1. The van der Waals surface area contributed by atoms with Crippen molar-refractivity contribution in [2.45, 2.75) is 33.2 Å². The van der Waals surface area contributed by atoms with Crippen molar-refractivity contribution in [3.8, 4) is 0 Å². The molecule has 1 amide bonds. The van der Waals surface area contributed by atoms with E-state index in [0.717, 1.165) is 5.69 Å². The number of nitrogens with one attached hydrogen (secondary N) is 1. The van der Waals surface area contributed by atoms with Gasteiger partial charge in [0.1, 0.15) is 5.82 Å². The Morgan fingerprint density at radius 3 is 2.79 bits per heavy atom. The Bertz CT molecular complexity index is 902. The molecule has 5 nitrogen and oxygen atoms in total. The van der Waals surface area contributed by atoms with Crippen LogP contribution >= 0.6 is 0 Å². The van der Waals surface area contributed by atoms with Gasteiger partial charge in [-0.05, 0) is 25.0 Å². The van der Waals surface area contributed by atoms with E-state index in [-0.39, 0.29) is 24.2 Å². The van der Waals surface area contributed by atoms with Gasteiger partial charge >= 0.3 is 0 Å². The van der Waals surface area contributed by atoms with E-state index in [1.807, 2.05) is 13.8 Å². The molecule has 0 radical (unpaired) electrons. The summed E-state index contributed by atoms with van der Waals surface area (Å²) in [5.41, 5.74) is 2.56. The molecule has 0 aliphatic rings. The van der Waals surface area contributed by atoms with E-state index in [1.165, 1.54) is 6.07 Å². The maximum atomic E-state index is 13.7. The summed E-state index contributed by atoms with van der Waals surface area (Å²) in [6.07, 6.45) is 0. The lowest BCUT2D eigenvalue weighted by Gasteiger charge is -2.10. The highest BCUT2D eigenvalue weighted by atomic mass is 19.1.